The van der Waals surface area contributed by atoms with Crippen molar-refractivity contribution in [3.8, 4) is 16.9 Å². The first kappa shape index (κ1) is 12.6. The second-order valence-corrected chi connectivity index (χ2v) is 6.66. The number of aryl methyl sites for hydroxylation is 1. The Hall–Kier alpha value is -1.43. The minimum absolute atomic E-state index is 0.110. The van der Waals surface area contributed by atoms with Crippen LogP contribution in [0.25, 0.3) is 16.9 Å². The third kappa shape index (κ3) is 2.49. The highest BCUT2D eigenvalue weighted by Crippen LogP contribution is 2.25. The molecule has 0 N–H and O–H groups in total. The van der Waals surface area contributed by atoms with Gasteiger partial charge in [-0.3, -0.25) is 4.79 Å². The van der Waals surface area contributed by atoms with E-state index < -0.39 is 0 Å². The molecule has 1 aromatic carbocycles. The predicted molar refractivity (Wildman–Crippen MR) is 80.8 cm³/mol. The number of halogens is 1. The molecule has 3 nitrogen and oxygen atoms in total. The Labute approximate surface area is 122 Å². The molecule has 19 heavy (non-hydrogen) atoms. The fourth-order valence-electron chi connectivity index (χ4n) is 1.78. The number of rotatable bonds is 2. The van der Waals surface area contributed by atoms with Crippen LogP contribution in [-0.4, -0.2) is 8.94 Å². The van der Waals surface area contributed by atoms with Crippen LogP contribution in [0.1, 0.15) is 5.01 Å². The quantitative estimate of drug-likeness (QED) is 0.717. The number of hydrogen-bond donors (Lipinski definition) is 0. The van der Waals surface area contributed by atoms with Gasteiger partial charge in [0, 0.05) is 17.0 Å². The van der Waals surface area contributed by atoms with E-state index in [1.165, 1.54) is 17.6 Å². The predicted octanol–water partition coefficient (Wildman–Crippen LogP) is 3.98. The molecule has 0 aliphatic carbocycles. The molecule has 0 bridgehead atoms. The van der Waals surface area contributed by atoms with E-state index in [2.05, 4.69) is 4.98 Å². The van der Waals surface area contributed by atoms with Crippen LogP contribution in [0.15, 0.2) is 40.5 Å². The van der Waals surface area contributed by atoms with Gasteiger partial charge in [0.25, 0.3) is 5.56 Å². The van der Waals surface area contributed by atoms with E-state index in [0.717, 1.165) is 22.0 Å². The minimum atomic E-state index is -0.110. The Morgan fingerprint density at radius 2 is 2.16 bits per heavy atom. The van der Waals surface area contributed by atoms with Gasteiger partial charge in [0.15, 0.2) is 0 Å². The summed E-state index contributed by atoms with van der Waals surface area (Å²) in [4.78, 5) is 16.2. The van der Waals surface area contributed by atoms with E-state index in [4.69, 9.17) is 11.6 Å². The van der Waals surface area contributed by atoms with Crippen LogP contribution in [0.2, 0.25) is 4.34 Å². The first-order valence-electron chi connectivity index (χ1n) is 5.55. The Balaban J connectivity index is 2.10. The summed E-state index contributed by atoms with van der Waals surface area (Å²) in [6, 6.07) is 9.16. The largest absolute Gasteiger partial charge is 0.268 e. The maximum atomic E-state index is 11.8. The molecule has 6 heteroatoms. The van der Waals surface area contributed by atoms with E-state index in [1.54, 1.807) is 15.3 Å². The monoisotopic (exact) mass is 308 g/mol. The summed E-state index contributed by atoms with van der Waals surface area (Å²) in [5, 5.41) is 3.04. The van der Waals surface area contributed by atoms with Gasteiger partial charge in [0.2, 0.25) is 0 Å². The van der Waals surface area contributed by atoms with Crippen molar-refractivity contribution in [1.82, 2.24) is 8.94 Å². The van der Waals surface area contributed by atoms with Gasteiger partial charge in [-0.1, -0.05) is 23.7 Å². The van der Waals surface area contributed by atoms with Crippen LogP contribution in [0.4, 0.5) is 0 Å². The third-order valence-corrected chi connectivity index (χ3v) is 4.57. The van der Waals surface area contributed by atoms with Gasteiger partial charge in [-0.05, 0) is 30.6 Å². The van der Waals surface area contributed by atoms with Crippen LogP contribution in [0, 0.1) is 6.92 Å². The van der Waals surface area contributed by atoms with Crippen LogP contribution < -0.4 is 5.56 Å². The molecule has 0 fully saturated rings. The SMILES string of the molecule is Cc1nc(-c2cccc(-n3sc(Cl)cc3=O)c2)cs1. The molecule has 96 valence electrons. The highest BCUT2D eigenvalue weighted by Gasteiger charge is 2.07. The molecule has 0 saturated carbocycles. The van der Waals surface area contributed by atoms with Crippen molar-refractivity contribution in [2.75, 3.05) is 0 Å². The molecule has 0 amide bonds. The van der Waals surface area contributed by atoms with Gasteiger partial charge >= 0.3 is 0 Å². The summed E-state index contributed by atoms with van der Waals surface area (Å²) in [7, 11) is 0. The normalized spacial score (nSPS) is 10.8. The number of benzene rings is 1. The van der Waals surface area contributed by atoms with Gasteiger partial charge in [0.05, 0.1) is 16.4 Å². The lowest BCUT2D eigenvalue weighted by Gasteiger charge is -2.02. The average Bonchev–Trinajstić information content (AvgIpc) is 2.96. The third-order valence-electron chi connectivity index (χ3n) is 2.61. The van der Waals surface area contributed by atoms with Crippen LogP contribution in [0.5, 0.6) is 0 Å². The lowest BCUT2D eigenvalue weighted by atomic mass is 10.1. The summed E-state index contributed by atoms with van der Waals surface area (Å²) in [6.45, 7) is 1.97. The minimum Gasteiger partial charge on any atom is -0.268 e. The highest BCUT2D eigenvalue weighted by molar-refractivity contribution is 7.11. The second kappa shape index (κ2) is 4.92. The van der Waals surface area contributed by atoms with Crippen molar-refractivity contribution in [2.24, 2.45) is 0 Å². The Bertz CT molecular complexity index is 788. The summed E-state index contributed by atoms with van der Waals surface area (Å²) in [6.07, 6.45) is 0. The smallest absolute Gasteiger partial charge is 0.266 e. The molecule has 2 heterocycles. The zero-order chi connectivity index (χ0) is 13.4. The fourth-order valence-corrected chi connectivity index (χ4v) is 3.39. The number of nitrogens with zero attached hydrogens (tertiary/aromatic N) is 2. The standard InChI is InChI=1S/C13H9ClN2OS2/c1-8-15-11(7-18-8)9-3-2-4-10(5-9)16-13(17)6-12(14)19-16/h2-7H,1H3. The lowest BCUT2D eigenvalue weighted by Crippen LogP contribution is -2.09. The first-order chi connectivity index (χ1) is 9.13. The Kier molecular flexibility index (Phi) is 3.26. The summed E-state index contributed by atoms with van der Waals surface area (Å²) in [5.41, 5.74) is 2.63. The van der Waals surface area contributed by atoms with Gasteiger partial charge in [-0.15, -0.1) is 11.3 Å². The molecule has 0 aliphatic heterocycles. The molecular formula is C13H9ClN2OS2. The van der Waals surface area contributed by atoms with Gasteiger partial charge in [-0.2, -0.15) is 0 Å². The van der Waals surface area contributed by atoms with E-state index in [9.17, 15) is 4.79 Å². The van der Waals surface area contributed by atoms with Crippen molar-refractivity contribution in [3.05, 3.63) is 55.4 Å². The molecule has 0 atom stereocenters. The zero-order valence-corrected chi connectivity index (χ0v) is 12.4. The van der Waals surface area contributed by atoms with Crippen molar-refractivity contribution in [2.45, 2.75) is 6.92 Å². The maximum absolute atomic E-state index is 11.8. The average molecular weight is 309 g/mol. The van der Waals surface area contributed by atoms with Crippen molar-refractivity contribution in [3.63, 3.8) is 0 Å². The molecule has 0 unspecified atom stereocenters. The topological polar surface area (TPSA) is 34.9 Å². The highest BCUT2D eigenvalue weighted by atomic mass is 35.5. The van der Waals surface area contributed by atoms with Gasteiger partial charge in [-0.25, -0.2) is 8.94 Å². The van der Waals surface area contributed by atoms with E-state index in [0.29, 0.717) is 4.34 Å². The first-order valence-corrected chi connectivity index (χ1v) is 7.58. The molecule has 3 aromatic rings. The van der Waals surface area contributed by atoms with Crippen molar-refractivity contribution >= 4 is 34.5 Å². The molecular weight excluding hydrogens is 300 g/mol. The van der Waals surface area contributed by atoms with Crippen LogP contribution >= 0.6 is 34.5 Å². The maximum Gasteiger partial charge on any atom is 0.266 e. The van der Waals surface area contributed by atoms with Crippen molar-refractivity contribution < 1.29 is 0 Å². The van der Waals surface area contributed by atoms with Crippen LogP contribution in [0.3, 0.4) is 0 Å². The molecule has 3 rings (SSSR count). The number of aromatic nitrogens is 2. The molecule has 0 saturated heterocycles. The number of thiazole rings is 1. The van der Waals surface area contributed by atoms with Gasteiger partial charge in [0.1, 0.15) is 4.34 Å². The molecule has 0 aliphatic rings. The van der Waals surface area contributed by atoms with Crippen LogP contribution in [-0.2, 0) is 0 Å². The van der Waals surface area contributed by atoms with E-state index >= 15 is 0 Å². The fraction of sp³-hybridized carbons (Fsp3) is 0.0769. The Morgan fingerprint density at radius 1 is 1.32 bits per heavy atom. The lowest BCUT2D eigenvalue weighted by molar-refractivity contribution is 1.13. The van der Waals surface area contributed by atoms with E-state index in [-0.39, 0.29) is 5.56 Å². The second-order valence-electron chi connectivity index (χ2n) is 3.97. The summed E-state index contributed by atoms with van der Waals surface area (Å²) >= 11 is 8.70. The van der Waals surface area contributed by atoms with Gasteiger partial charge < -0.3 is 0 Å². The zero-order valence-electron chi connectivity index (χ0n) is 9.96. The Morgan fingerprint density at radius 3 is 2.79 bits per heavy atom. The van der Waals surface area contributed by atoms with Crippen molar-refractivity contribution in [1.29, 1.82) is 0 Å². The molecule has 0 spiro atoms. The molecule has 2 aromatic heterocycles. The number of hydrogen-bond acceptors (Lipinski definition) is 4. The molecule has 0 radical (unpaired) electrons. The summed E-state index contributed by atoms with van der Waals surface area (Å²) < 4.78 is 2.06. The van der Waals surface area contributed by atoms with E-state index in [1.807, 2.05) is 36.6 Å². The summed E-state index contributed by atoms with van der Waals surface area (Å²) in [5.74, 6) is 0.